The number of aromatic nitrogens is 2. The molecule has 0 spiro atoms. The van der Waals surface area contributed by atoms with E-state index in [-0.39, 0.29) is 69.4 Å². The Hall–Kier alpha value is -3.63. The van der Waals surface area contributed by atoms with E-state index in [4.69, 9.17) is 4.74 Å². The zero-order chi connectivity index (χ0) is 42.8. The summed E-state index contributed by atoms with van der Waals surface area (Å²) < 4.78 is 6.41. The first kappa shape index (κ1) is 42.5. The minimum absolute atomic E-state index is 0.00884. The number of Topliss-reactive ketones (excluding diaryl/α,β-unsaturated/α-hetero) is 1. The summed E-state index contributed by atoms with van der Waals surface area (Å²) in [6, 6.07) is 0. The van der Waals surface area contributed by atoms with Gasteiger partial charge in [-0.15, -0.1) is 0 Å². The van der Waals surface area contributed by atoms with Crippen LogP contribution in [0.1, 0.15) is 157 Å². The molecule has 0 saturated heterocycles. The molecule has 1 heterocycles. The Morgan fingerprint density at radius 2 is 1.53 bits per heavy atom. The lowest BCUT2D eigenvalue weighted by Gasteiger charge is -2.72. The standard InChI is InChI=1S/C47H68N4O7/c1-25(2)35-31(52)22-47(51-40(57)43(8,9)50-37(53)30-24-48-26(3)23-49-30)20-19-45(11)27(36(35)47)13-14-33-44(10)17-16-34(42(6,7)32(44)15-18-46(33,45)12)58-39(56)29-21-28(38(54)55)41(29,4)5/h23-25,27-29,32-34H,13-22H2,1-12H3,(H,50,53)(H,51,57)(H,54,55)/t27-,28+,29-,32+,33-,34+,44+,45-,46-,47-/m1/s1. The Morgan fingerprint density at radius 1 is 0.845 bits per heavy atom. The molecule has 318 valence electrons. The topological polar surface area (TPSA) is 165 Å². The summed E-state index contributed by atoms with van der Waals surface area (Å²) in [6.07, 6.45) is 10.5. The maximum absolute atomic E-state index is 14.3. The maximum atomic E-state index is 14.3. The zero-order valence-corrected chi connectivity index (χ0v) is 37.1. The Labute approximate surface area is 345 Å². The van der Waals surface area contributed by atoms with Crippen LogP contribution in [0.5, 0.6) is 0 Å². The van der Waals surface area contributed by atoms with E-state index in [1.807, 2.05) is 13.8 Å². The van der Waals surface area contributed by atoms with E-state index in [0.29, 0.717) is 30.4 Å². The number of hydrogen-bond donors (Lipinski definition) is 3. The molecule has 0 aliphatic heterocycles. The third kappa shape index (κ3) is 6.11. The number of allylic oxidation sites excluding steroid dienone is 1. The molecule has 0 unspecified atom stereocenters. The lowest BCUT2D eigenvalue weighted by Crippen LogP contribution is -2.68. The normalized spacial score (nSPS) is 38.7. The highest BCUT2D eigenvalue weighted by atomic mass is 16.5. The molecule has 2 amide bonds. The van der Waals surface area contributed by atoms with Gasteiger partial charge in [-0.1, -0.05) is 62.3 Å². The van der Waals surface area contributed by atoms with Gasteiger partial charge in [-0.25, -0.2) is 4.98 Å². The number of esters is 1. The minimum Gasteiger partial charge on any atom is -0.481 e. The molecular weight excluding hydrogens is 733 g/mol. The molecule has 7 rings (SSSR count). The van der Waals surface area contributed by atoms with Crippen molar-refractivity contribution in [1.29, 1.82) is 0 Å². The molecule has 3 N–H and O–H groups in total. The quantitative estimate of drug-likeness (QED) is 0.223. The summed E-state index contributed by atoms with van der Waals surface area (Å²) in [5, 5.41) is 16.0. The van der Waals surface area contributed by atoms with Crippen molar-refractivity contribution < 1.29 is 33.8 Å². The van der Waals surface area contributed by atoms with E-state index >= 15 is 0 Å². The molecule has 11 nitrogen and oxygen atoms in total. The zero-order valence-electron chi connectivity index (χ0n) is 37.1. The van der Waals surface area contributed by atoms with Gasteiger partial charge in [0.05, 0.1) is 29.3 Å². The SMILES string of the molecule is Cc1cnc(C(=O)NC(C)(C)C(=O)N[C@@]23CC[C@]4(C)[C@H](CC[C@@H]5[C@@]6(C)CC[C@H](OC(=O)[C@H]7C[C@@H](C(=O)O)C7(C)C)C(C)(C)[C@@H]6CC[C@]54C)C2=C(C(C)C)C(=O)C3)cn1. The highest BCUT2D eigenvalue weighted by Gasteiger charge is 2.71. The number of aliphatic carboxylic acids is 1. The molecule has 1 aromatic rings. The molecule has 11 heteroatoms. The van der Waals surface area contributed by atoms with Crippen molar-refractivity contribution >= 4 is 29.5 Å². The lowest BCUT2D eigenvalue weighted by molar-refractivity contribution is -0.235. The van der Waals surface area contributed by atoms with Gasteiger partial charge in [0.25, 0.3) is 5.91 Å². The van der Waals surface area contributed by atoms with Gasteiger partial charge < -0.3 is 20.5 Å². The highest BCUT2D eigenvalue weighted by Crippen LogP contribution is 2.76. The van der Waals surface area contributed by atoms with Gasteiger partial charge in [0.2, 0.25) is 5.91 Å². The molecule has 5 saturated carbocycles. The Kier molecular flexibility index (Phi) is 10.0. The average molecular weight is 801 g/mol. The predicted molar refractivity (Wildman–Crippen MR) is 219 cm³/mol. The van der Waals surface area contributed by atoms with Crippen molar-refractivity contribution in [1.82, 2.24) is 20.6 Å². The fourth-order valence-electron chi connectivity index (χ4n) is 14.2. The second kappa shape index (κ2) is 13.7. The average Bonchev–Trinajstić information content (AvgIpc) is 3.41. The van der Waals surface area contributed by atoms with Crippen molar-refractivity contribution in [3.63, 3.8) is 0 Å². The molecule has 0 aromatic carbocycles. The van der Waals surface area contributed by atoms with Crippen molar-refractivity contribution in [3.8, 4) is 0 Å². The van der Waals surface area contributed by atoms with Crippen LogP contribution in [0.25, 0.3) is 0 Å². The number of nitrogens with one attached hydrogen (secondary N) is 2. The number of carbonyl (C=O) groups excluding carboxylic acids is 4. The smallest absolute Gasteiger partial charge is 0.309 e. The lowest BCUT2D eigenvalue weighted by atomic mass is 9.33. The summed E-state index contributed by atoms with van der Waals surface area (Å²) in [5.74, 6) is -1.82. The van der Waals surface area contributed by atoms with Gasteiger partial charge in [-0.05, 0) is 135 Å². The number of ketones is 1. The summed E-state index contributed by atoms with van der Waals surface area (Å²) in [5.41, 5.74) is -0.259. The molecule has 10 atom stereocenters. The van der Waals surface area contributed by atoms with Crippen molar-refractivity contribution in [3.05, 3.63) is 34.9 Å². The summed E-state index contributed by atoms with van der Waals surface area (Å²) in [4.78, 5) is 75.5. The first-order chi connectivity index (χ1) is 26.8. The largest absolute Gasteiger partial charge is 0.481 e. The molecule has 6 aliphatic carbocycles. The number of nitrogens with zero attached hydrogens (tertiary/aromatic N) is 2. The van der Waals surface area contributed by atoms with Crippen LogP contribution < -0.4 is 10.6 Å². The van der Waals surface area contributed by atoms with Crippen LogP contribution in [0.2, 0.25) is 0 Å². The van der Waals surface area contributed by atoms with Crippen molar-refractivity contribution in [2.75, 3.05) is 0 Å². The number of carboxylic acid groups (broad SMARTS) is 1. The monoisotopic (exact) mass is 801 g/mol. The van der Waals surface area contributed by atoms with E-state index in [9.17, 15) is 29.1 Å². The molecule has 6 aliphatic rings. The van der Waals surface area contributed by atoms with E-state index < -0.39 is 40.2 Å². The van der Waals surface area contributed by atoms with E-state index in [1.165, 1.54) is 12.4 Å². The summed E-state index contributed by atoms with van der Waals surface area (Å²) in [7, 11) is 0. The Balaban J connectivity index is 1.13. The summed E-state index contributed by atoms with van der Waals surface area (Å²) in [6.45, 7) is 25.2. The van der Waals surface area contributed by atoms with Crippen LogP contribution in [0.3, 0.4) is 0 Å². The number of rotatable bonds is 8. The summed E-state index contributed by atoms with van der Waals surface area (Å²) >= 11 is 0. The van der Waals surface area contributed by atoms with Gasteiger partial charge >= 0.3 is 11.9 Å². The fraction of sp³-hybridized carbons (Fsp3) is 0.766. The molecule has 58 heavy (non-hydrogen) atoms. The van der Waals surface area contributed by atoms with Crippen molar-refractivity contribution in [2.24, 2.45) is 62.6 Å². The van der Waals surface area contributed by atoms with Crippen LogP contribution >= 0.6 is 0 Å². The van der Waals surface area contributed by atoms with Gasteiger partial charge in [-0.2, -0.15) is 0 Å². The third-order valence-corrected chi connectivity index (χ3v) is 17.8. The maximum Gasteiger partial charge on any atom is 0.309 e. The molecule has 0 bridgehead atoms. The van der Waals surface area contributed by atoms with Crippen LogP contribution in [0.4, 0.5) is 0 Å². The second-order valence-corrected chi connectivity index (χ2v) is 22.1. The minimum atomic E-state index is -1.28. The predicted octanol–water partition coefficient (Wildman–Crippen LogP) is 7.80. The van der Waals surface area contributed by atoms with Crippen LogP contribution in [0.15, 0.2) is 23.5 Å². The third-order valence-electron chi connectivity index (χ3n) is 17.8. The van der Waals surface area contributed by atoms with Gasteiger partial charge in [0, 0.05) is 18.0 Å². The van der Waals surface area contributed by atoms with Crippen LogP contribution in [-0.2, 0) is 23.9 Å². The number of ether oxygens (including phenoxy) is 1. The highest BCUT2D eigenvalue weighted by molar-refractivity contribution is 6.03. The van der Waals surface area contributed by atoms with Crippen LogP contribution in [-0.4, -0.2) is 61.8 Å². The molecular formula is C47H68N4O7. The fourth-order valence-corrected chi connectivity index (χ4v) is 14.2. The number of hydrogen-bond acceptors (Lipinski definition) is 8. The van der Waals surface area contributed by atoms with E-state index in [1.54, 1.807) is 20.8 Å². The Morgan fingerprint density at radius 3 is 2.14 bits per heavy atom. The van der Waals surface area contributed by atoms with Crippen LogP contribution in [0, 0.1) is 69.5 Å². The number of carboxylic acids is 1. The molecule has 0 radical (unpaired) electrons. The molecule has 1 aromatic heterocycles. The van der Waals surface area contributed by atoms with E-state index in [0.717, 1.165) is 56.1 Å². The number of amides is 2. The number of aryl methyl sites for hydroxylation is 1. The Bertz CT molecular complexity index is 1950. The first-order valence-corrected chi connectivity index (χ1v) is 21.9. The number of fused-ring (bicyclic) bond motifs is 7. The van der Waals surface area contributed by atoms with Gasteiger partial charge in [-0.3, -0.25) is 29.0 Å². The molecule has 5 fully saturated rings. The number of carbonyl (C=O) groups is 5. The van der Waals surface area contributed by atoms with E-state index in [2.05, 4.69) is 69.1 Å². The first-order valence-electron chi connectivity index (χ1n) is 21.9. The van der Waals surface area contributed by atoms with Gasteiger partial charge in [0.15, 0.2) is 5.78 Å². The van der Waals surface area contributed by atoms with Gasteiger partial charge in [0.1, 0.15) is 17.3 Å². The second-order valence-electron chi connectivity index (χ2n) is 22.1. The van der Waals surface area contributed by atoms with Crippen molar-refractivity contribution in [2.45, 2.75) is 164 Å².